The second kappa shape index (κ2) is 4.99. The minimum absolute atomic E-state index is 0.105. The highest BCUT2D eigenvalue weighted by Gasteiger charge is 2.17. The number of anilines is 2. The van der Waals surface area contributed by atoms with Crippen LogP contribution in [0.3, 0.4) is 0 Å². The maximum absolute atomic E-state index is 10.9. The summed E-state index contributed by atoms with van der Waals surface area (Å²) in [4.78, 5) is 21.4. The van der Waals surface area contributed by atoms with Gasteiger partial charge < -0.3 is 15.3 Å². The fourth-order valence-electron chi connectivity index (χ4n) is 1.97. The molecule has 0 aliphatic carbocycles. The summed E-state index contributed by atoms with van der Waals surface area (Å²) in [5, 5.41) is 11.8. The van der Waals surface area contributed by atoms with Crippen molar-refractivity contribution in [2.45, 2.75) is 19.3 Å². The third-order valence-corrected chi connectivity index (χ3v) is 2.88. The second-order valence-electron chi connectivity index (χ2n) is 4.04. The molecule has 1 aromatic rings. The Morgan fingerprint density at radius 3 is 2.71 bits per heavy atom. The first-order valence-corrected chi connectivity index (χ1v) is 5.75. The lowest BCUT2D eigenvalue weighted by Gasteiger charge is -2.26. The van der Waals surface area contributed by atoms with Crippen LogP contribution in [0.25, 0.3) is 0 Å². The van der Waals surface area contributed by atoms with Gasteiger partial charge in [0.25, 0.3) is 0 Å². The summed E-state index contributed by atoms with van der Waals surface area (Å²) in [7, 11) is 1.66. The number of hydrogen-bond donors (Lipinski definition) is 2. The molecule has 92 valence electrons. The molecule has 0 saturated carbocycles. The average molecular weight is 236 g/mol. The van der Waals surface area contributed by atoms with Crippen LogP contribution < -0.4 is 10.2 Å². The van der Waals surface area contributed by atoms with E-state index >= 15 is 0 Å². The van der Waals surface area contributed by atoms with Gasteiger partial charge in [-0.1, -0.05) is 0 Å². The molecule has 1 aromatic heterocycles. The highest BCUT2D eigenvalue weighted by molar-refractivity contribution is 5.92. The van der Waals surface area contributed by atoms with Crippen LogP contribution >= 0.6 is 0 Å². The predicted molar refractivity (Wildman–Crippen MR) is 64.6 cm³/mol. The molecule has 6 nitrogen and oxygen atoms in total. The summed E-state index contributed by atoms with van der Waals surface area (Å²) in [6.07, 6.45) is 4.88. The zero-order chi connectivity index (χ0) is 12.3. The monoisotopic (exact) mass is 236 g/mol. The molecule has 0 bridgehead atoms. The largest absolute Gasteiger partial charge is 0.477 e. The van der Waals surface area contributed by atoms with E-state index in [0.717, 1.165) is 25.9 Å². The predicted octanol–water partition coefficient (Wildman–Crippen LogP) is 1.21. The molecule has 17 heavy (non-hydrogen) atoms. The Kier molecular flexibility index (Phi) is 3.41. The van der Waals surface area contributed by atoms with Crippen molar-refractivity contribution in [1.29, 1.82) is 0 Å². The molecular weight excluding hydrogens is 220 g/mol. The number of carbonyl (C=O) groups is 1. The van der Waals surface area contributed by atoms with Gasteiger partial charge in [0.15, 0.2) is 0 Å². The molecule has 6 heteroatoms. The van der Waals surface area contributed by atoms with Gasteiger partial charge in [-0.15, -0.1) is 0 Å². The topological polar surface area (TPSA) is 78.4 Å². The molecule has 1 saturated heterocycles. The Balaban J connectivity index is 2.27. The summed E-state index contributed by atoms with van der Waals surface area (Å²) >= 11 is 0. The van der Waals surface area contributed by atoms with E-state index in [2.05, 4.69) is 20.2 Å². The van der Waals surface area contributed by atoms with Crippen LogP contribution in [0.2, 0.25) is 0 Å². The molecule has 2 heterocycles. The first-order valence-electron chi connectivity index (χ1n) is 5.75. The van der Waals surface area contributed by atoms with E-state index < -0.39 is 5.97 Å². The Bertz CT molecular complexity index is 416. The third-order valence-electron chi connectivity index (χ3n) is 2.88. The highest BCUT2D eigenvalue weighted by atomic mass is 16.4. The number of carboxylic acid groups (broad SMARTS) is 1. The summed E-state index contributed by atoms with van der Waals surface area (Å²) in [6.45, 7) is 1.88. The molecule has 0 atom stereocenters. The van der Waals surface area contributed by atoms with Crippen LogP contribution in [0.5, 0.6) is 0 Å². The van der Waals surface area contributed by atoms with E-state index in [0.29, 0.717) is 11.8 Å². The molecular formula is C11H16N4O2. The third kappa shape index (κ3) is 2.46. The molecule has 0 radical (unpaired) electrons. The molecule has 0 unspecified atom stereocenters. The zero-order valence-corrected chi connectivity index (χ0v) is 9.81. The Morgan fingerprint density at radius 1 is 1.41 bits per heavy atom. The maximum atomic E-state index is 10.9. The van der Waals surface area contributed by atoms with Gasteiger partial charge in [-0.25, -0.2) is 9.78 Å². The van der Waals surface area contributed by atoms with Gasteiger partial charge in [0.05, 0.1) is 0 Å². The fourth-order valence-corrected chi connectivity index (χ4v) is 1.97. The molecule has 2 N–H and O–H groups in total. The lowest BCUT2D eigenvalue weighted by atomic mass is 10.1. The molecule has 2 rings (SSSR count). The van der Waals surface area contributed by atoms with Gasteiger partial charge in [0.1, 0.15) is 11.4 Å². The van der Waals surface area contributed by atoms with Crippen molar-refractivity contribution in [3.63, 3.8) is 0 Å². The van der Waals surface area contributed by atoms with Gasteiger partial charge in [-0.05, 0) is 19.3 Å². The van der Waals surface area contributed by atoms with Gasteiger partial charge in [0.2, 0.25) is 5.95 Å². The van der Waals surface area contributed by atoms with Crippen molar-refractivity contribution in [2.75, 3.05) is 30.4 Å². The van der Waals surface area contributed by atoms with Crippen molar-refractivity contribution in [2.24, 2.45) is 0 Å². The van der Waals surface area contributed by atoms with Gasteiger partial charge in [0, 0.05) is 26.3 Å². The van der Waals surface area contributed by atoms with Gasteiger partial charge in [-0.2, -0.15) is 4.98 Å². The molecule has 1 aliphatic rings. The van der Waals surface area contributed by atoms with E-state index in [9.17, 15) is 4.79 Å². The zero-order valence-electron chi connectivity index (χ0n) is 9.81. The molecule has 1 fully saturated rings. The number of piperidine rings is 1. The van der Waals surface area contributed by atoms with Crippen molar-refractivity contribution >= 4 is 17.7 Å². The van der Waals surface area contributed by atoms with Crippen molar-refractivity contribution < 1.29 is 9.90 Å². The SMILES string of the molecule is CNc1nc(N2CCCCC2)ncc1C(=O)O. The Labute approximate surface area is 99.7 Å². The fraction of sp³-hybridized carbons (Fsp3) is 0.545. The molecule has 1 aliphatic heterocycles. The van der Waals surface area contributed by atoms with Crippen molar-refractivity contribution in [1.82, 2.24) is 9.97 Å². The van der Waals surface area contributed by atoms with E-state index in [1.807, 2.05) is 0 Å². The second-order valence-corrected chi connectivity index (χ2v) is 4.04. The smallest absolute Gasteiger partial charge is 0.341 e. The van der Waals surface area contributed by atoms with E-state index in [1.165, 1.54) is 12.6 Å². The van der Waals surface area contributed by atoms with Crippen LogP contribution in [-0.2, 0) is 0 Å². The number of rotatable bonds is 3. The Hall–Kier alpha value is -1.85. The van der Waals surface area contributed by atoms with Gasteiger partial charge in [-0.3, -0.25) is 0 Å². The summed E-state index contributed by atoms with van der Waals surface area (Å²) < 4.78 is 0. The molecule has 0 amide bonds. The van der Waals surface area contributed by atoms with Crippen molar-refractivity contribution in [3.8, 4) is 0 Å². The van der Waals surface area contributed by atoms with E-state index in [-0.39, 0.29) is 5.56 Å². The number of aromatic nitrogens is 2. The molecule has 0 spiro atoms. The number of hydrogen-bond acceptors (Lipinski definition) is 5. The maximum Gasteiger partial charge on any atom is 0.341 e. The first kappa shape index (κ1) is 11.6. The van der Waals surface area contributed by atoms with E-state index in [4.69, 9.17) is 5.11 Å². The summed E-state index contributed by atoms with van der Waals surface area (Å²) in [6, 6.07) is 0. The Morgan fingerprint density at radius 2 is 2.12 bits per heavy atom. The van der Waals surface area contributed by atoms with Gasteiger partial charge >= 0.3 is 5.97 Å². The number of aromatic carboxylic acids is 1. The van der Waals surface area contributed by atoms with Crippen LogP contribution in [0.1, 0.15) is 29.6 Å². The summed E-state index contributed by atoms with van der Waals surface area (Å²) in [5.41, 5.74) is 0.105. The highest BCUT2D eigenvalue weighted by Crippen LogP contribution is 2.19. The van der Waals surface area contributed by atoms with Crippen LogP contribution in [0.15, 0.2) is 6.20 Å². The van der Waals surface area contributed by atoms with Crippen LogP contribution in [0.4, 0.5) is 11.8 Å². The van der Waals surface area contributed by atoms with E-state index in [1.54, 1.807) is 7.05 Å². The average Bonchev–Trinajstić information content (AvgIpc) is 2.39. The molecule has 0 aromatic carbocycles. The standard InChI is InChI=1S/C11H16N4O2/c1-12-9-8(10(16)17)7-13-11(14-9)15-5-3-2-4-6-15/h7H,2-6H2,1H3,(H,16,17)(H,12,13,14). The number of nitrogens with zero attached hydrogens (tertiary/aromatic N) is 3. The van der Waals surface area contributed by atoms with Crippen LogP contribution in [0, 0.1) is 0 Å². The first-order chi connectivity index (χ1) is 8.22. The lowest BCUT2D eigenvalue weighted by Crippen LogP contribution is -2.31. The minimum Gasteiger partial charge on any atom is -0.477 e. The summed E-state index contributed by atoms with van der Waals surface area (Å²) in [5.74, 6) is -0.0355. The lowest BCUT2D eigenvalue weighted by molar-refractivity contribution is 0.0697. The van der Waals surface area contributed by atoms with Crippen LogP contribution in [-0.4, -0.2) is 41.2 Å². The van der Waals surface area contributed by atoms with Crippen molar-refractivity contribution in [3.05, 3.63) is 11.8 Å². The number of carboxylic acids is 1. The quantitative estimate of drug-likeness (QED) is 0.821. The number of nitrogens with one attached hydrogen (secondary N) is 1. The normalized spacial score (nSPS) is 15.7. The minimum atomic E-state index is -1.01.